The van der Waals surface area contributed by atoms with E-state index in [0.717, 1.165) is 18.8 Å². The van der Waals surface area contributed by atoms with Crippen LogP contribution in [0, 0.1) is 6.92 Å². The molecule has 0 saturated heterocycles. The third-order valence-corrected chi connectivity index (χ3v) is 3.72. The lowest BCUT2D eigenvalue weighted by Crippen LogP contribution is -2.21. The van der Waals surface area contributed by atoms with Gasteiger partial charge in [-0.2, -0.15) is 11.8 Å². The molecule has 0 amide bonds. The molecule has 74 valence electrons. The van der Waals surface area contributed by atoms with Gasteiger partial charge in [0.05, 0.1) is 0 Å². The van der Waals surface area contributed by atoms with Gasteiger partial charge in [-0.25, -0.2) is 4.98 Å². The second-order valence-corrected chi connectivity index (χ2v) is 5.28. The third kappa shape index (κ3) is 4.11. The topological polar surface area (TPSA) is 24.9 Å². The molecule has 1 aromatic heterocycles. The predicted molar refractivity (Wildman–Crippen MR) is 61.5 cm³/mol. The third-order valence-electron chi connectivity index (χ3n) is 1.78. The minimum atomic E-state index is 0.682. The summed E-state index contributed by atoms with van der Waals surface area (Å²) < 4.78 is 0. The Kier molecular flexibility index (Phi) is 4.77. The molecule has 0 fully saturated rings. The molecule has 0 radical (unpaired) electrons. The minimum Gasteiger partial charge on any atom is -0.309 e. The zero-order valence-electron chi connectivity index (χ0n) is 8.33. The van der Waals surface area contributed by atoms with E-state index in [1.807, 2.05) is 18.7 Å². The van der Waals surface area contributed by atoms with Crippen LogP contribution < -0.4 is 5.32 Å². The summed E-state index contributed by atoms with van der Waals surface area (Å²) in [5.41, 5.74) is 1.12. The molecule has 13 heavy (non-hydrogen) atoms. The van der Waals surface area contributed by atoms with Crippen LogP contribution in [-0.4, -0.2) is 23.0 Å². The highest BCUT2D eigenvalue weighted by molar-refractivity contribution is 7.99. The first-order chi connectivity index (χ1) is 6.22. The van der Waals surface area contributed by atoms with E-state index < -0.39 is 0 Å². The summed E-state index contributed by atoms with van der Waals surface area (Å²) >= 11 is 3.61. The van der Waals surface area contributed by atoms with Gasteiger partial charge in [0.25, 0.3) is 0 Å². The lowest BCUT2D eigenvalue weighted by atomic mass is 10.4. The Bertz CT molecular complexity index is 248. The molecule has 4 heteroatoms. The van der Waals surface area contributed by atoms with Gasteiger partial charge in [0.15, 0.2) is 0 Å². The fraction of sp³-hybridized carbons (Fsp3) is 0.667. The van der Waals surface area contributed by atoms with Crippen molar-refractivity contribution in [2.75, 3.05) is 12.8 Å². The monoisotopic (exact) mass is 216 g/mol. The Balaban J connectivity index is 2.20. The maximum atomic E-state index is 4.38. The van der Waals surface area contributed by atoms with E-state index in [2.05, 4.69) is 28.9 Å². The van der Waals surface area contributed by atoms with Crippen molar-refractivity contribution in [2.45, 2.75) is 25.6 Å². The van der Waals surface area contributed by atoms with E-state index in [1.165, 1.54) is 5.01 Å². The van der Waals surface area contributed by atoms with Crippen molar-refractivity contribution in [3.8, 4) is 0 Å². The molecule has 1 N–H and O–H groups in total. The molecule has 1 heterocycles. The van der Waals surface area contributed by atoms with Crippen molar-refractivity contribution in [2.24, 2.45) is 0 Å². The zero-order valence-corrected chi connectivity index (χ0v) is 9.97. The Hall–Kier alpha value is -0.0600. The first-order valence-corrected chi connectivity index (χ1v) is 6.53. The number of thioether (sulfide) groups is 1. The Morgan fingerprint density at radius 3 is 3.00 bits per heavy atom. The second-order valence-electron chi connectivity index (χ2n) is 3.06. The number of nitrogens with zero attached hydrogens (tertiary/aromatic N) is 1. The normalized spacial score (nSPS) is 13.2. The van der Waals surface area contributed by atoms with Crippen LogP contribution in [0.15, 0.2) is 5.38 Å². The molecule has 0 spiro atoms. The molecule has 1 unspecified atom stereocenters. The molecule has 1 atom stereocenters. The fourth-order valence-corrected chi connectivity index (χ4v) is 1.98. The maximum absolute atomic E-state index is 4.38. The highest BCUT2D eigenvalue weighted by Gasteiger charge is 2.00. The summed E-state index contributed by atoms with van der Waals surface area (Å²) in [5.74, 6) is 0. The number of hydrogen-bond acceptors (Lipinski definition) is 4. The van der Waals surface area contributed by atoms with Crippen LogP contribution in [0.3, 0.4) is 0 Å². The van der Waals surface area contributed by atoms with E-state index in [4.69, 9.17) is 0 Å². The molecule has 0 aliphatic rings. The quantitative estimate of drug-likeness (QED) is 0.817. The van der Waals surface area contributed by atoms with Gasteiger partial charge in [0.1, 0.15) is 5.01 Å². The van der Waals surface area contributed by atoms with Crippen molar-refractivity contribution in [3.05, 3.63) is 16.1 Å². The largest absolute Gasteiger partial charge is 0.309 e. The lowest BCUT2D eigenvalue weighted by Gasteiger charge is -2.07. The van der Waals surface area contributed by atoms with Crippen LogP contribution in [0.5, 0.6) is 0 Å². The molecule has 0 bridgehead atoms. The van der Waals surface area contributed by atoms with Gasteiger partial charge in [-0.1, -0.05) is 6.92 Å². The van der Waals surface area contributed by atoms with Gasteiger partial charge in [0, 0.05) is 29.4 Å². The van der Waals surface area contributed by atoms with Gasteiger partial charge in [-0.3, -0.25) is 0 Å². The molecule has 2 nitrogen and oxygen atoms in total. The SMILES string of the molecule is CSC(C)CNCc1nc(C)cs1. The van der Waals surface area contributed by atoms with Crippen LogP contribution >= 0.6 is 23.1 Å². The molecule has 0 aliphatic carbocycles. The van der Waals surface area contributed by atoms with E-state index in [0.29, 0.717) is 5.25 Å². The number of aromatic nitrogens is 1. The predicted octanol–water partition coefficient (Wildman–Crippen LogP) is 2.29. The number of hydrogen-bond donors (Lipinski definition) is 1. The van der Waals surface area contributed by atoms with Crippen molar-refractivity contribution in [1.82, 2.24) is 10.3 Å². The minimum absolute atomic E-state index is 0.682. The smallest absolute Gasteiger partial charge is 0.107 e. The first kappa shape index (κ1) is 11.0. The highest BCUT2D eigenvalue weighted by atomic mass is 32.2. The van der Waals surface area contributed by atoms with Crippen LogP contribution in [0.1, 0.15) is 17.6 Å². The van der Waals surface area contributed by atoms with E-state index >= 15 is 0 Å². The Labute approximate surface area is 88.2 Å². The number of aryl methyl sites for hydroxylation is 1. The molecular formula is C9H16N2S2. The molecule has 0 aliphatic heterocycles. The van der Waals surface area contributed by atoms with E-state index in [9.17, 15) is 0 Å². The van der Waals surface area contributed by atoms with Crippen molar-refractivity contribution >= 4 is 23.1 Å². The summed E-state index contributed by atoms with van der Waals surface area (Å²) in [4.78, 5) is 4.38. The van der Waals surface area contributed by atoms with Crippen molar-refractivity contribution in [1.29, 1.82) is 0 Å². The van der Waals surface area contributed by atoms with Gasteiger partial charge in [-0.15, -0.1) is 11.3 Å². The summed E-state index contributed by atoms with van der Waals surface area (Å²) in [5, 5.41) is 7.35. The number of rotatable bonds is 5. The zero-order chi connectivity index (χ0) is 9.68. The average Bonchev–Trinajstić information content (AvgIpc) is 2.51. The Morgan fingerprint density at radius 1 is 1.69 bits per heavy atom. The van der Waals surface area contributed by atoms with E-state index in [1.54, 1.807) is 11.3 Å². The molecule has 0 saturated carbocycles. The van der Waals surface area contributed by atoms with Crippen LogP contribution in [0.4, 0.5) is 0 Å². The molecule has 1 rings (SSSR count). The number of nitrogens with one attached hydrogen (secondary N) is 1. The molecular weight excluding hydrogens is 200 g/mol. The molecule has 0 aromatic carbocycles. The summed E-state index contributed by atoms with van der Waals surface area (Å²) in [6.07, 6.45) is 2.14. The van der Waals surface area contributed by atoms with Crippen LogP contribution in [0.2, 0.25) is 0 Å². The first-order valence-electron chi connectivity index (χ1n) is 4.37. The van der Waals surface area contributed by atoms with Gasteiger partial charge >= 0.3 is 0 Å². The molecule has 1 aromatic rings. The van der Waals surface area contributed by atoms with Crippen molar-refractivity contribution in [3.63, 3.8) is 0 Å². The van der Waals surface area contributed by atoms with Gasteiger partial charge in [-0.05, 0) is 13.2 Å². The van der Waals surface area contributed by atoms with E-state index in [-0.39, 0.29) is 0 Å². The second kappa shape index (κ2) is 5.62. The van der Waals surface area contributed by atoms with Crippen LogP contribution in [-0.2, 0) is 6.54 Å². The summed E-state index contributed by atoms with van der Waals surface area (Å²) in [6, 6.07) is 0. The van der Waals surface area contributed by atoms with Gasteiger partial charge in [0.2, 0.25) is 0 Å². The van der Waals surface area contributed by atoms with Gasteiger partial charge < -0.3 is 5.32 Å². The lowest BCUT2D eigenvalue weighted by molar-refractivity contribution is 0.681. The summed E-state index contributed by atoms with van der Waals surface area (Å²) in [6.45, 7) is 6.22. The van der Waals surface area contributed by atoms with Crippen molar-refractivity contribution < 1.29 is 0 Å². The fourth-order valence-electron chi connectivity index (χ4n) is 0.950. The number of thiazole rings is 1. The standard InChI is InChI=1S/C9H16N2S2/c1-7-6-13-9(11-7)5-10-4-8(2)12-3/h6,8,10H,4-5H2,1-3H3. The Morgan fingerprint density at radius 2 is 2.46 bits per heavy atom. The summed E-state index contributed by atoms with van der Waals surface area (Å²) in [7, 11) is 0. The van der Waals surface area contributed by atoms with Crippen LogP contribution in [0.25, 0.3) is 0 Å². The highest BCUT2D eigenvalue weighted by Crippen LogP contribution is 2.08. The average molecular weight is 216 g/mol. The maximum Gasteiger partial charge on any atom is 0.107 e.